The molecule has 78 valence electrons. The first-order chi connectivity index (χ1) is 6.36. The number of nitrogens with zero attached hydrogens (tertiary/aromatic N) is 1. The molecule has 2 heteroatoms. The fraction of sp³-hybridized carbons (Fsp3) is 1.00. The first-order valence-corrected chi connectivity index (χ1v) is 6.18. The highest BCUT2D eigenvalue weighted by molar-refractivity contribution is 6.17. The number of unbranched alkanes of at least 4 members (excludes halogenated alkanes) is 1. The summed E-state index contributed by atoms with van der Waals surface area (Å²) in [6, 6.07) is 0. The highest BCUT2D eigenvalue weighted by Crippen LogP contribution is 2.19. The molecule has 0 spiro atoms. The molecular weight excluding hydrogens is 182 g/mol. The van der Waals surface area contributed by atoms with Crippen molar-refractivity contribution in [3.63, 3.8) is 0 Å². The zero-order chi connectivity index (χ0) is 9.52. The Hall–Kier alpha value is 0.250. The summed E-state index contributed by atoms with van der Waals surface area (Å²) in [4.78, 5) is 2.60. The van der Waals surface area contributed by atoms with E-state index < -0.39 is 0 Å². The van der Waals surface area contributed by atoms with Gasteiger partial charge in [0.1, 0.15) is 0 Å². The van der Waals surface area contributed by atoms with E-state index in [1.54, 1.807) is 0 Å². The van der Waals surface area contributed by atoms with Gasteiger partial charge in [0, 0.05) is 5.88 Å². The van der Waals surface area contributed by atoms with Crippen molar-refractivity contribution in [3.8, 4) is 0 Å². The van der Waals surface area contributed by atoms with Gasteiger partial charge < -0.3 is 4.90 Å². The maximum absolute atomic E-state index is 5.65. The van der Waals surface area contributed by atoms with E-state index in [1.807, 2.05) is 0 Å². The molecule has 0 N–H and O–H groups in total. The monoisotopic (exact) mass is 203 g/mol. The lowest BCUT2D eigenvalue weighted by Crippen LogP contribution is -2.34. The molecule has 0 aromatic rings. The molecule has 0 amide bonds. The minimum Gasteiger partial charge on any atom is -0.303 e. The molecule has 0 aromatic carbocycles. The summed E-state index contributed by atoms with van der Waals surface area (Å²) in [7, 11) is 0. The van der Waals surface area contributed by atoms with Crippen LogP contribution < -0.4 is 0 Å². The fourth-order valence-corrected chi connectivity index (χ4v) is 2.24. The Morgan fingerprint density at radius 2 is 1.92 bits per heavy atom. The summed E-state index contributed by atoms with van der Waals surface area (Å²) >= 11 is 5.65. The first kappa shape index (κ1) is 11.3. The summed E-state index contributed by atoms with van der Waals surface area (Å²) in [5.41, 5.74) is 0. The van der Waals surface area contributed by atoms with Crippen molar-refractivity contribution in [1.29, 1.82) is 0 Å². The maximum Gasteiger partial charge on any atom is 0.0223 e. The van der Waals surface area contributed by atoms with E-state index in [0.29, 0.717) is 0 Å². The van der Waals surface area contributed by atoms with Gasteiger partial charge in [0.15, 0.2) is 0 Å². The Balaban J connectivity index is 2.03. The summed E-state index contributed by atoms with van der Waals surface area (Å²) in [6.45, 7) is 6.22. The second kappa shape index (κ2) is 6.67. The van der Waals surface area contributed by atoms with Gasteiger partial charge in [0.2, 0.25) is 0 Å². The van der Waals surface area contributed by atoms with Crippen LogP contribution in [0.4, 0.5) is 0 Å². The quantitative estimate of drug-likeness (QED) is 0.490. The van der Waals surface area contributed by atoms with Crippen LogP contribution in [0.3, 0.4) is 0 Å². The van der Waals surface area contributed by atoms with Crippen molar-refractivity contribution in [1.82, 2.24) is 4.90 Å². The minimum absolute atomic E-state index is 0.825. The molecule has 1 nitrogen and oxygen atoms in total. The lowest BCUT2D eigenvalue weighted by atomic mass is 9.94. The lowest BCUT2D eigenvalue weighted by Gasteiger charge is -2.31. The van der Waals surface area contributed by atoms with Crippen molar-refractivity contribution in [3.05, 3.63) is 0 Å². The number of hydrogen-bond acceptors (Lipinski definition) is 1. The van der Waals surface area contributed by atoms with Gasteiger partial charge in [-0.2, -0.15) is 0 Å². The molecule has 1 saturated heterocycles. The van der Waals surface area contributed by atoms with Crippen molar-refractivity contribution in [2.45, 2.75) is 39.0 Å². The third-order valence-electron chi connectivity index (χ3n) is 3.14. The van der Waals surface area contributed by atoms with Gasteiger partial charge in [0.25, 0.3) is 0 Å². The van der Waals surface area contributed by atoms with E-state index in [2.05, 4.69) is 11.8 Å². The van der Waals surface area contributed by atoms with Crippen LogP contribution in [0.1, 0.15) is 39.0 Å². The molecule has 0 aromatic heterocycles. The Morgan fingerprint density at radius 3 is 2.46 bits per heavy atom. The van der Waals surface area contributed by atoms with E-state index >= 15 is 0 Å². The highest BCUT2D eigenvalue weighted by atomic mass is 35.5. The lowest BCUT2D eigenvalue weighted by molar-refractivity contribution is 0.180. The molecule has 0 aliphatic carbocycles. The van der Waals surface area contributed by atoms with Crippen molar-refractivity contribution in [2.75, 3.05) is 25.5 Å². The Bertz CT molecular complexity index is 117. The standard InChI is InChI=1S/C11H22ClN/c1-2-11-5-9-13(10-6-11)8-4-3-7-12/h11H,2-10H2,1H3. The van der Waals surface area contributed by atoms with Crippen molar-refractivity contribution < 1.29 is 0 Å². The number of hydrogen-bond donors (Lipinski definition) is 0. The van der Waals surface area contributed by atoms with Crippen LogP contribution in [0.25, 0.3) is 0 Å². The summed E-state index contributed by atoms with van der Waals surface area (Å²) in [5.74, 6) is 1.83. The molecule has 1 fully saturated rings. The van der Waals surface area contributed by atoms with Crippen molar-refractivity contribution in [2.24, 2.45) is 5.92 Å². The number of halogens is 1. The van der Waals surface area contributed by atoms with E-state index in [4.69, 9.17) is 11.6 Å². The highest BCUT2D eigenvalue weighted by Gasteiger charge is 2.16. The topological polar surface area (TPSA) is 3.24 Å². The predicted molar refractivity (Wildman–Crippen MR) is 59.4 cm³/mol. The zero-order valence-corrected chi connectivity index (χ0v) is 9.52. The van der Waals surface area contributed by atoms with E-state index in [1.165, 1.54) is 51.7 Å². The average molecular weight is 204 g/mol. The average Bonchev–Trinajstić information content (AvgIpc) is 2.19. The van der Waals surface area contributed by atoms with Gasteiger partial charge in [-0.25, -0.2) is 0 Å². The first-order valence-electron chi connectivity index (χ1n) is 5.65. The fourth-order valence-electron chi connectivity index (χ4n) is 2.05. The molecule has 0 unspecified atom stereocenters. The molecule has 0 saturated carbocycles. The van der Waals surface area contributed by atoms with Crippen LogP contribution in [-0.2, 0) is 0 Å². The maximum atomic E-state index is 5.65. The van der Waals surface area contributed by atoms with Crippen LogP contribution in [0.2, 0.25) is 0 Å². The number of alkyl halides is 1. The van der Waals surface area contributed by atoms with Gasteiger partial charge in [-0.3, -0.25) is 0 Å². The Labute approximate surface area is 87.4 Å². The largest absolute Gasteiger partial charge is 0.303 e. The molecule has 0 radical (unpaired) electrons. The summed E-state index contributed by atoms with van der Waals surface area (Å²) in [6.07, 6.45) is 6.65. The van der Waals surface area contributed by atoms with E-state index in [0.717, 1.165) is 11.8 Å². The molecule has 1 heterocycles. The van der Waals surface area contributed by atoms with Gasteiger partial charge in [-0.05, 0) is 51.2 Å². The molecular formula is C11H22ClN. The van der Waals surface area contributed by atoms with Crippen LogP contribution in [-0.4, -0.2) is 30.4 Å². The summed E-state index contributed by atoms with van der Waals surface area (Å²) in [5, 5.41) is 0. The van der Waals surface area contributed by atoms with Gasteiger partial charge in [-0.1, -0.05) is 13.3 Å². The van der Waals surface area contributed by atoms with Crippen LogP contribution >= 0.6 is 11.6 Å². The summed E-state index contributed by atoms with van der Waals surface area (Å²) < 4.78 is 0. The third kappa shape index (κ3) is 4.33. The van der Waals surface area contributed by atoms with Crippen LogP contribution in [0.5, 0.6) is 0 Å². The van der Waals surface area contributed by atoms with Gasteiger partial charge in [-0.15, -0.1) is 11.6 Å². The number of piperidine rings is 1. The molecule has 1 rings (SSSR count). The predicted octanol–water partition coefficient (Wildman–Crippen LogP) is 3.13. The normalized spacial score (nSPS) is 20.8. The smallest absolute Gasteiger partial charge is 0.0223 e. The van der Waals surface area contributed by atoms with Crippen molar-refractivity contribution >= 4 is 11.6 Å². The minimum atomic E-state index is 0.825. The zero-order valence-electron chi connectivity index (χ0n) is 8.77. The molecule has 13 heavy (non-hydrogen) atoms. The number of rotatable bonds is 5. The van der Waals surface area contributed by atoms with Crippen LogP contribution in [0.15, 0.2) is 0 Å². The van der Waals surface area contributed by atoms with E-state index in [9.17, 15) is 0 Å². The van der Waals surface area contributed by atoms with E-state index in [-0.39, 0.29) is 0 Å². The molecule has 1 aliphatic rings. The second-order valence-corrected chi connectivity index (χ2v) is 4.47. The molecule has 0 bridgehead atoms. The molecule has 0 atom stereocenters. The van der Waals surface area contributed by atoms with Gasteiger partial charge >= 0.3 is 0 Å². The second-order valence-electron chi connectivity index (χ2n) is 4.09. The molecule has 1 aliphatic heterocycles. The van der Waals surface area contributed by atoms with Crippen LogP contribution in [0, 0.1) is 5.92 Å². The SMILES string of the molecule is CCC1CCN(CCCCCl)CC1. The Kier molecular flexibility index (Phi) is 5.81. The van der Waals surface area contributed by atoms with Gasteiger partial charge in [0.05, 0.1) is 0 Å². The third-order valence-corrected chi connectivity index (χ3v) is 3.41. The Morgan fingerprint density at radius 1 is 1.23 bits per heavy atom. The number of likely N-dealkylation sites (tertiary alicyclic amines) is 1.